The van der Waals surface area contributed by atoms with E-state index < -0.39 is 29.7 Å². The molecule has 2 aliphatic heterocycles. The molecule has 0 spiro atoms. The van der Waals surface area contributed by atoms with E-state index in [0.717, 1.165) is 4.90 Å². The van der Waals surface area contributed by atoms with Crippen LogP contribution in [0.4, 0.5) is 5.69 Å². The number of benzene rings is 1. The molecule has 4 amide bonds. The van der Waals surface area contributed by atoms with Gasteiger partial charge in [0, 0.05) is 12.1 Å². The van der Waals surface area contributed by atoms with Crippen LogP contribution in [0, 0.1) is 0 Å². The predicted octanol–water partition coefficient (Wildman–Crippen LogP) is -0.330. The maximum absolute atomic E-state index is 12.3. The van der Waals surface area contributed by atoms with Gasteiger partial charge in [0.2, 0.25) is 11.8 Å². The summed E-state index contributed by atoms with van der Waals surface area (Å²) in [6.07, 6.45) is 0.231. The number of nitrogen functional groups attached to an aromatic ring is 1. The minimum atomic E-state index is -0.959. The van der Waals surface area contributed by atoms with E-state index in [1.54, 1.807) is 6.07 Å². The number of nitrogens with two attached hydrogens (primary N) is 1. The second kappa shape index (κ2) is 4.16. The van der Waals surface area contributed by atoms with Crippen molar-refractivity contribution < 1.29 is 19.2 Å². The monoisotopic (exact) mass is 274 g/mol. The van der Waals surface area contributed by atoms with Crippen LogP contribution in [-0.2, 0) is 9.59 Å². The Hall–Kier alpha value is -2.70. The van der Waals surface area contributed by atoms with Crippen molar-refractivity contribution in [3.05, 3.63) is 29.3 Å². The van der Waals surface area contributed by atoms with E-state index in [1.165, 1.54) is 12.1 Å². The molecule has 2 heterocycles. The standard InChI is InChI=1S/C13H11N3O4/c14-7-3-1-2-6-10(7)13(20)16(12(6)19)8-4-5-9(17)15-11(8)18/h1-3,8H,4-5,14H2,(H,15,17,18)/i16+1. The molecule has 3 rings (SSSR count). The highest BCUT2D eigenvalue weighted by atomic mass is 16.3. The summed E-state index contributed by atoms with van der Waals surface area (Å²) in [6.45, 7) is 0. The van der Waals surface area contributed by atoms with Crippen LogP contribution in [0.1, 0.15) is 33.6 Å². The van der Waals surface area contributed by atoms with Gasteiger partial charge in [0.25, 0.3) is 11.8 Å². The lowest BCUT2D eigenvalue weighted by Crippen LogP contribution is -2.54. The van der Waals surface area contributed by atoms with Crippen molar-refractivity contribution in [3.8, 4) is 0 Å². The van der Waals surface area contributed by atoms with Crippen LogP contribution >= 0.6 is 0 Å². The van der Waals surface area contributed by atoms with Crippen molar-refractivity contribution in [1.29, 1.82) is 0 Å². The van der Waals surface area contributed by atoms with Crippen LogP contribution in [0.25, 0.3) is 0 Å². The lowest BCUT2D eigenvalue weighted by Gasteiger charge is -2.27. The van der Waals surface area contributed by atoms with Crippen molar-refractivity contribution in [2.45, 2.75) is 18.9 Å². The van der Waals surface area contributed by atoms with Gasteiger partial charge in [-0.3, -0.25) is 29.4 Å². The lowest BCUT2D eigenvalue weighted by molar-refractivity contribution is -0.136. The molecule has 0 saturated carbocycles. The van der Waals surface area contributed by atoms with Gasteiger partial charge >= 0.3 is 0 Å². The number of amides is 4. The first-order valence-corrected chi connectivity index (χ1v) is 6.11. The van der Waals surface area contributed by atoms with Gasteiger partial charge < -0.3 is 5.73 Å². The summed E-state index contributed by atoms with van der Waals surface area (Å²) in [6, 6.07) is 3.64. The van der Waals surface area contributed by atoms with Crippen LogP contribution in [-0.4, -0.2) is 34.6 Å². The molecule has 0 aromatic heterocycles. The SMILES string of the molecule is Nc1cccc2c1C(=O)[15N](C1CCC(=O)NC1=O)C2=O. The van der Waals surface area contributed by atoms with E-state index in [0.29, 0.717) is 0 Å². The molecule has 1 aromatic carbocycles. The van der Waals surface area contributed by atoms with Gasteiger partial charge in [-0.2, -0.15) is 0 Å². The van der Waals surface area contributed by atoms with Crippen LogP contribution in [0.15, 0.2) is 18.2 Å². The zero-order chi connectivity index (χ0) is 14.4. The Morgan fingerprint density at radius 2 is 1.90 bits per heavy atom. The minimum absolute atomic E-state index is 0.0965. The van der Waals surface area contributed by atoms with E-state index in [1.807, 2.05) is 0 Å². The number of imide groups is 2. The average Bonchev–Trinajstić information content (AvgIpc) is 2.64. The van der Waals surface area contributed by atoms with E-state index in [-0.39, 0.29) is 29.7 Å². The van der Waals surface area contributed by atoms with Gasteiger partial charge in [0.05, 0.1) is 11.1 Å². The largest absolute Gasteiger partial charge is 0.398 e. The molecule has 20 heavy (non-hydrogen) atoms. The first-order chi connectivity index (χ1) is 9.50. The Bertz CT molecular complexity index is 668. The molecule has 1 aromatic rings. The fourth-order valence-corrected chi connectivity index (χ4v) is 2.54. The molecular formula is C13H11N3O4. The molecule has 0 radical (unpaired) electrons. The maximum atomic E-state index is 12.3. The first kappa shape index (κ1) is 12.3. The third kappa shape index (κ3) is 1.59. The van der Waals surface area contributed by atoms with Gasteiger partial charge in [0.1, 0.15) is 6.04 Å². The number of hydrogen-bond acceptors (Lipinski definition) is 5. The topological polar surface area (TPSA) is 110 Å². The summed E-state index contributed by atoms with van der Waals surface area (Å²) in [5.74, 6) is -2.17. The van der Waals surface area contributed by atoms with E-state index in [2.05, 4.69) is 5.32 Å². The Balaban J connectivity index is 2.00. The highest BCUT2D eigenvalue weighted by Crippen LogP contribution is 2.30. The molecular weight excluding hydrogens is 263 g/mol. The highest BCUT2D eigenvalue weighted by molar-refractivity contribution is 6.25. The van der Waals surface area contributed by atoms with Crippen molar-refractivity contribution >= 4 is 29.3 Å². The molecule has 7 nitrogen and oxygen atoms in total. The Morgan fingerprint density at radius 1 is 1.15 bits per heavy atom. The number of carbonyl (C=O) groups excluding carboxylic acids is 4. The van der Waals surface area contributed by atoms with E-state index in [9.17, 15) is 19.2 Å². The average molecular weight is 274 g/mol. The predicted molar refractivity (Wildman–Crippen MR) is 67.5 cm³/mol. The van der Waals surface area contributed by atoms with E-state index in [4.69, 9.17) is 5.73 Å². The van der Waals surface area contributed by atoms with Gasteiger partial charge in [-0.15, -0.1) is 0 Å². The molecule has 7 heteroatoms. The summed E-state index contributed by atoms with van der Waals surface area (Å²) in [7, 11) is 0. The molecule has 2 aliphatic rings. The number of rotatable bonds is 1. The smallest absolute Gasteiger partial charge is 0.264 e. The second-order valence-corrected chi connectivity index (χ2v) is 4.72. The van der Waals surface area contributed by atoms with Gasteiger partial charge in [-0.1, -0.05) is 6.07 Å². The summed E-state index contributed by atoms with van der Waals surface area (Å²) in [5.41, 5.74) is 6.24. The summed E-state index contributed by atoms with van der Waals surface area (Å²) in [5, 5.41) is 2.13. The summed E-state index contributed by atoms with van der Waals surface area (Å²) < 4.78 is 0. The fourth-order valence-electron chi connectivity index (χ4n) is 2.54. The van der Waals surface area contributed by atoms with Crippen molar-refractivity contribution in [3.63, 3.8) is 0 Å². The van der Waals surface area contributed by atoms with Crippen LogP contribution in [0.2, 0.25) is 0 Å². The molecule has 1 atom stereocenters. The lowest BCUT2D eigenvalue weighted by atomic mass is 10.1. The van der Waals surface area contributed by atoms with Crippen molar-refractivity contribution in [2.75, 3.05) is 5.73 Å². The summed E-state index contributed by atoms with van der Waals surface area (Å²) in [4.78, 5) is 48.4. The Labute approximate surface area is 113 Å². The number of nitrogens with zero attached hydrogens (tertiary/aromatic N) is 1. The minimum Gasteiger partial charge on any atom is -0.398 e. The first-order valence-electron chi connectivity index (χ1n) is 6.11. The highest BCUT2D eigenvalue weighted by Gasteiger charge is 2.45. The quantitative estimate of drug-likeness (QED) is 0.414. The maximum Gasteiger partial charge on any atom is 0.264 e. The third-order valence-corrected chi connectivity index (χ3v) is 3.50. The molecule has 1 fully saturated rings. The number of piperidine rings is 1. The second-order valence-electron chi connectivity index (χ2n) is 4.72. The van der Waals surface area contributed by atoms with Crippen molar-refractivity contribution in [2.24, 2.45) is 0 Å². The molecule has 1 unspecified atom stereocenters. The Kier molecular flexibility index (Phi) is 2.56. The number of carbonyl (C=O) groups is 4. The number of nitrogens with one attached hydrogen (secondary N) is 1. The zero-order valence-electron chi connectivity index (χ0n) is 10.4. The number of anilines is 1. The number of fused-ring (bicyclic) bond motifs is 1. The molecule has 0 bridgehead atoms. The van der Waals surface area contributed by atoms with Crippen LogP contribution in [0.5, 0.6) is 0 Å². The molecule has 0 aliphatic carbocycles. The van der Waals surface area contributed by atoms with Crippen LogP contribution < -0.4 is 11.1 Å². The van der Waals surface area contributed by atoms with Crippen molar-refractivity contribution in [1.82, 2.24) is 10.2 Å². The molecule has 102 valence electrons. The third-order valence-electron chi connectivity index (χ3n) is 3.50. The van der Waals surface area contributed by atoms with E-state index >= 15 is 0 Å². The normalized spacial score (nSPS) is 22.0. The fraction of sp³-hybridized carbons (Fsp3) is 0.231. The van der Waals surface area contributed by atoms with Gasteiger partial charge in [-0.05, 0) is 18.6 Å². The van der Waals surface area contributed by atoms with Gasteiger partial charge in [-0.25, -0.2) is 0 Å². The molecule has 1 saturated heterocycles. The zero-order valence-corrected chi connectivity index (χ0v) is 10.4. The van der Waals surface area contributed by atoms with Gasteiger partial charge in [0.15, 0.2) is 0 Å². The number of hydrogen-bond donors (Lipinski definition) is 2. The Morgan fingerprint density at radius 3 is 2.55 bits per heavy atom. The van der Waals surface area contributed by atoms with Crippen LogP contribution in [0.3, 0.4) is 0 Å². The molecule has 3 N–H and O–H groups in total. The summed E-state index contributed by atoms with van der Waals surface area (Å²) >= 11 is 0.